The van der Waals surface area contributed by atoms with E-state index in [1.165, 1.54) is 13.8 Å². The van der Waals surface area contributed by atoms with Crippen LogP contribution in [0, 0.1) is 0 Å². The summed E-state index contributed by atoms with van der Waals surface area (Å²) in [5, 5.41) is 8.91. The molecular weight excluding hydrogens is 176 g/mol. The average Bonchev–Trinajstić information content (AvgIpc) is 1.83. The van der Waals surface area contributed by atoms with Gasteiger partial charge in [-0.05, 0) is 26.7 Å². The molecule has 0 spiro atoms. The second-order valence-electron chi connectivity index (χ2n) is 3.67. The molecule has 1 aliphatic rings. The minimum atomic E-state index is -1.22. The molecule has 1 unspecified atom stereocenters. The lowest BCUT2D eigenvalue weighted by atomic mass is 10.00. The number of rotatable bonds is 3. The van der Waals surface area contributed by atoms with E-state index in [2.05, 4.69) is 0 Å². The van der Waals surface area contributed by atoms with Gasteiger partial charge in [-0.25, -0.2) is 0 Å². The van der Waals surface area contributed by atoms with Crippen LogP contribution < -0.4 is 0 Å². The van der Waals surface area contributed by atoms with E-state index < -0.39 is 21.5 Å². The Morgan fingerprint density at radius 2 is 2.00 bits per heavy atom. The van der Waals surface area contributed by atoms with Crippen LogP contribution in [-0.4, -0.2) is 25.3 Å². The van der Waals surface area contributed by atoms with Crippen LogP contribution in [0.25, 0.3) is 0 Å². The Kier molecular flexibility index (Phi) is 2.56. The highest BCUT2D eigenvalue weighted by atomic mass is 32.2. The minimum absolute atomic E-state index is 0.121. The third-order valence-corrected chi connectivity index (χ3v) is 4.63. The van der Waals surface area contributed by atoms with Crippen molar-refractivity contribution in [3.05, 3.63) is 0 Å². The molecule has 0 aromatic heterocycles. The molecule has 1 N–H and O–H groups in total. The summed E-state index contributed by atoms with van der Waals surface area (Å²) in [6, 6.07) is 0. The third kappa shape index (κ3) is 1.53. The molecule has 0 radical (unpaired) electrons. The normalized spacial score (nSPS) is 21.5. The first-order chi connectivity index (χ1) is 5.46. The molecule has 1 rings (SSSR count). The molecule has 12 heavy (non-hydrogen) atoms. The number of carbonyl (C=O) groups is 1. The predicted octanol–water partition coefficient (Wildman–Crippen LogP) is 1.15. The van der Waals surface area contributed by atoms with Crippen molar-refractivity contribution >= 4 is 16.8 Å². The topological polar surface area (TPSA) is 54.4 Å². The molecule has 1 fully saturated rings. The first kappa shape index (κ1) is 9.71. The Bertz CT molecular complexity index is 218. The van der Waals surface area contributed by atoms with E-state index in [0.717, 1.165) is 19.3 Å². The maximum atomic E-state index is 11.6. The number of hydrogen-bond donors (Lipinski definition) is 1. The largest absolute Gasteiger partial charge is 0.480 e. The molecule has 0 aliphatic heterocycles. The van der Waals surface area contributed by atoms with Crippen LogP contribution in [0.15, 0.2) is 0 Å². The van der Waals surface area contributed by atoms with Crippen LogP contribution in [0.4, 0.5) is 0 Å². The van der Waals surface area contributed by atoms with E-state index >= 15 is 0 Å². The quantitative estimate of drug-likeness (QED) is 0.726. The highest BCUT2D eigenvalue weighted by Gasteiger charge is 2.40. The summed E-state index contributed by atoms with van der Waals surface area (Å²) in [7, 11) is -1.22. The van der Waals surface area contributed by atoms with Gasteiger partial charge in [-0.2, -0.15) is 0 Å². The summed E-state index contributed by atoms with van der Waals surface area (Å²) in [5.41, 5.74) is 0. The van der Waals surface area contributed by atoms with Gasteiger partial charge in [-0.1, -0.05) is 6.42 Å². The zero-order valence-electron chi connectivity index (χ0n) is 7.37. The van der Waals surface area contributed by atoms with Crippen molar-refractivity contribution in [1.82, 2.24) is 0 Å². The molecule has 0 bridgehead atoms. The lowest BCUT2D eigenvalue weighted by Gasteiger charge is -2.30. The predicted molar refractivity (Wildman–Crippen MR) is 47.5 cm³/mol. The first-order valence-corrected chi connectivity index (χ1v) is 5.31. The zero-order chi connectivity index (χ0) is 9.35. The van der Waals surface area contributed by atoms with Crippen LogP contribution in [0.1, 0.15) is 33.1 Å². The molecule has 1 atom stereocenters. The SMILES string of the molecule is CC(C)(C(=O)O)S(=O)C1CCC1. The Hall–Kier alpha value is -0.380. The summed E-state index contributed by atoms with van der Waals surface area (Å²) in [6.07, 6.45) is 2.93. The van der Waals surface area contributed by atoms with Crippen LogP contribution in [0.3, 0.4) is 0 Å². The molecule has 1 aliphatic carbocycles. The number of carboxylic acid groups (broad SMARTS) is 1. The van der Waals surface area contributed by atoms with Gasteiger partial charge in [0.1, 0.15) is 4.75 Å². The lowest BCUT2D eigenvalue weighted by Crippen LogP contribution is -2.43. The first-order valence-electron chi connectivity index (χ1n) is 4.10. The minimum Gasteiger partial charge on any atom is -0.480 e. The Balaban J connectivity index is 2.66. The zero-order valence-corrected chi connectivity index (χ0v) is 8.19. The summed E-state index contributed by atoms with van der Waals surface area (Å²) >= 11 is 0. The van der Waals surface area contributed by atoms with Gasteiger partial charge in [0.25, 0.3) is 0 Å². The fourth-order valence-electron chi connectivity index (χ4n) is 1.09. The van der Waals surface area contributed by atoms with Crippen molar-refractivity contribution in [3.8, 4) is 0 Å². The lowest BCUT2D eigenvalue weighted by molar-refractivity contribution is -0.139. The fourth-order valence-corrected chi connectivity index (χ4v) is 2.85. The van der Waals surface area contributed by atoms with Gasteiger partial charge < -0.3 is 5.11 Å². The third-order valence-electron chi connectivity index (χ3n) is 2.37. The molecule has 0 amide bonds. The van der Waals surface area contributed by atoms with E-state index in [9.17, 15) is 9.00 Å². The monoisotopic (exact) mass is 190 g/mol. The summed E-state index contributed by atoms with van der Waals surface area (Å²) < 4.78 is 10.5. The second kappa shape index (κ2) is 3.17. The van der Waals surface area contributed by atoms with Gasteiger partial charge in [0, 0.05) is 16.0 Å². The second-order valence-corrected chi connectivity index (χ2v) is 5.95. The molecule has 0 aromatic rings. The van der Waals surface area contributed by atoms with Gasteiger partial charge in [0.2, 0.25) is 0 Å². The molecule has 0 aromatic carbocycles. The van der Waals surface area contributed by atoms with Crippen LogP contribution in [-0.2, 0) is 15.6 Å². The van der Waals surface area contributed by atoms with Crippen LogP contribution in [0.2, 0.25) is 0 Å². The number of carboxylic acids is 1. The standard InChI is InChI=1S/C8H14O3S/c1-8(2,7(9)10)12(11)6-4-3-5-6/h6H,3-5H2,1-2H3,(H,9,10). The van der Waals surface area contributed by atoms with Crippen molar-refractivity contribution in [3.63, 3.8) is 0 Å². The van der Waals surface area contributed by atoms with E-state index in [1.54, 1.807) is 0 Å². The van der Waals surface area contributed by atoms with E-state index in [1.807, 2.05) is 0 Å². The van der Waals surface area contributed by atoms with Crippen LogP contribution >= 0.6 is 0 Å². The van der Waals surface area contributed by atoms with Gasteiger partial charge >= 0.3 is 5.97 Å². The van der Waals surface area contributed by atoms with Crippen molar-refractivity contribution in [1.29, 1.82) is 0 Å². The van der Waals surface area contributed by atoms with E-state index in [4.69, 9.17) is 5.11 Å². The summed E-state index contributed by atoms with van der Waals surface area (Å²) in [4.78, 5) is 10.7. The summed E-state index contributed by atoms with van der Waals surface area (Å²) in [5.74, 6) is -0.965. The highest BCUT2D eigenvalue weighted by molar-refractivity contribution is 7.87. The van der Waals surface area contributed by atoms with Crippen molar-refractivity contribution in [2.45, 2.75) is 43.1 Å². The van der Waals surface area contributed by atoms with Gasteiger partial charge in [0.15, 0.2) is 0 Å². The molecule has 70 valence electrons. The number of hydrogen-bond acceptors (Lipinski definition) is 2. The molecular formula is C8H14O3S. The average molecular weight is 190 g/mol. The van der Waals surface area contributed by atoms with Gasteiger partial charge in [-0.15, -0.1) is 0 Å². The molecule has 4 heteroatoms. The maximum Gasteiger partial charge on any atom is 0.321 e. The highest BCUT2D eigenvalue weighted by Crippen LogP contribution is 2.30. The Morgan fingerprint density at radius 3 is 2.25 bits per heavy atom. The maximum absolute atomic E-state index is 11.6. The van der Waals surface area contributed by atoms with Crippen molar-refractivity contribution in [2.75, 3.05) is 0 Å². The smallest absolute Gasteiger partial charge is 0.321 e. The fraction of sp³-hybridized carbons (Fsp3) is 0.875. The van der Waals surface area contributed by atoms with Crippen LogP contribution in [0.5, 0.6) is 0 Å². The van der Waals surface area contributed by atoms with Gasteiger partial charge in [-0.3, -0.25) is 9.00 Å². The number of aliphatic carboxylic acids is 1. The molecule has 0 heterocycles. The molecule has 1 saturated carbocycles. The van der Waals surface area contributed by atoms with Gasteiger partial charge in [0.05, 0.1) is 0 Å². The molecule has 3 nitrogen and oxygen atoms in total. The van der Waals surface area contributed by atoms with Crippen molar-refractivity contribution < 1.29 is 14.1 Å². The van der Waals surface area contributed by atoms with E-state index in [-0.39, 0.29) is 5.25 Å². The van der Waals surface area contributed by atoms with Crippen molar-refractivity contribution in [2.24, 2.45) is 0 Å². The Labute approximate surface area is 74.6 Å². The summed E-state index contributed by atoms with van der Waals surface area (Å²) in [6.45, 7) is 3.06. The van der Waals surface area contributed by atoms with E-state index in [0.29, 0.717) is 0 Å². The Morgan fingerprint density at radius 1 is 1.50 bits per heavy atom. The molecule has 0 saturated heterocycles.